The minimum absolute atomic E-state index is 0.375. The van der Waals surface area contributed by atoms with Crippen molar-refractivity contribution >= 4 is 6.09 Å². The van der Waals surface area contributed by atoms with Crippen molar-refractivity contribution in [2.45, 2.75) is 19.4 Å². The predicted octanol–water partition coefficient (Wildman–Crippen LogP) is 2.94. The first-order valence-corrected chi connectivity index (χ1v) is 6.68. The van der Waals surface area contributed by atoms with Crippen LogP contribution in [0.4, 0.5) is 4.79 Å². The van der Waals surface area contributed by atoms with Crippen LogP contribution in [0.25, 0.3) is 0 Å². The summed E-state index contributed by atoms with van der Waals surface area (Å²) in [5.41, 5.74) is 2.21. The number of nitrogens with zero attached hydrogens (tertiary/aromatic N) is 1. The van der Waals surface area contributed by atoms with E-state index in [0.29, 0.717) is 13.2 Å². The summed E-state index contributed by atoms with van der Waals surface area (Å²) in [7, 11) is 0. The Labute approximate surface area is 118 Å². The molecule has 0 aliphatic rings. The Hall–Kier alpha value is -2.36. The second kappa shape index (κ2) is 7.94. The van der Waals surface area contributed by atoms with E-state index in [2.05, 4.69) is 10.3 Å². The second-order valence-corrected chi connectivity index (χ2v) is 4.44. The lowest BCUT2D eigenvalue weighted by Gasteiger charge is -2.07. The van der Waals surface area contributed by atoms with Crippen LogP contribution < -0.4 is 5.32 Å². The first-order valence-electron chi connectivity index (χ1n) is 6.68. The fraction of sp³-hybridized carbons (Fsp3) is 0.250. The summed E-state index contributed by atoms with van der Waals surface area (Å²) in [6.45, 7) is 0.901. The van der Waals surface area contributed by atoms with Crippen LogP contribution in [0.5, 0.6) is 0 Å². The van der Waals surface area contributed by atoms with Crippen molar-refractivity contribution in [3.63, 3.8) is 0 Å². The molecule has 0 atom stereocenters. The summed E-state index contributed by atoms with van der Waals surface area (Å²) in [5, 5.41) is 2.72. The minimum atomic E-state index is -0.375. The Morgan fingerprint density at radius 3 is 2.65 bits per heavy atom. The number of amides is 1. The highest BCUT2D eigenvalue weighted by molar-refractivity contribution is 5.67. The Kier molecular flexibility index (Phi) is 5.58. The van der Waals surface area contributed by atoms with Crippen molar-refractivity contribution in [2.24, 2.45) is 0 Å². The van der Waals surface area contributed by atoms with Gasteiger partial charge in [0.05, 0.1) is 6.61 Å². The second-order valence-electron chi connectivity index (χ2n) is 4.44. The summed E-state index contributed by atoms with van der Waals surface area (Å²) >= 11 is 0. The monoisotopic (exact) mass is 270 g/mol. The number of carbonyl (C=O) groups is 1. The van der Waals surface area contributed by atoms with Crippen molar-refractivity contribution in [1.29, 1.82) is 0 Å². The molecule has 0 fully saturated rings. The van der Waals surface area contributed by atoms with Gasteiger partial charge in [-0.25, -0.2) is 4.79 Å². The van der Waals surface area contributed by atoms with E-state index in [-0.39, 0.29) is 6.09 Å². The minimum Gasteiger partial charge on any atom is -0.450 e. The normalized spacial score (nSPS) is 10.0. The number of benzene rings is 1. The first-order chi connectivity index (χ1) is 9.84. The van der Waals surface area contributed by atoms with Gasteiger partial charge in [0.2, 0.25) is 0 Å². The SMILES string of the molecule is O=C(NCc1ccccc1)OCCCc1cccnc1. The third kappa shape index (κ3) is 5.10. The molecule has 2 rings (SSSR count). The number of aryl methyl sites for hydroxylation is 1. The molecular formula is C16H18N2O2. The molecule has 0 unspecified atom stereocenters. The number of carbonyl (C=O) groups excluding carboxylic acids is 1. The molecule has 1 N–H and O–H groups in total. The molecule has 1 heterocycles. The quantitative estimate of drug-likeness (QED) is 0.821. The van der Waals surface area contributed by atoms with Crippen LogP contribution >= 0.6 is 0 Å². The van der Waals surface area contributed by atoms with E-state index in [1.54, 1.807) is 6.20 Å². The summed E-state index contributed by atoms with van der Waals surface area (Å²) in [6.07, 6.45) is 4.86. The van der Waals surface area contributed by atoms with Gasteiger partial charge in [0.15, 0.2) is 0 Å². The molecule has 1 amide bonds. The molecular weight excluding hydrogens is 252 g/mol. The van der Waals surface area contributed by atoms with Crippen LogP contribution in [0.15, 0.2) is 54.9 Å². The molecule has 2 aromatic rings. The average molecular weight is 270 g/mol. The van der Waals surface area contributed by atoms with E-state index in [1.807, 2.05) is 48.7 Å². The molecule has 1 aromatic carbocycles. The van der Waals surface area contributed by atoms with Gasteiger partial charge in [-0.1, -0.05) is 36.4 Å². The van der Waals surface area contributed by atoms with Crippen LogP contribution in [0, 0.1) is 0 Å². The van der Waals surface area contributed by atoms with Gasteiger partial charge in [-0.05, 0) is 30.0 Å². The van der Waals surface area contributed by atoms with E-state index >= 15 is 0 Å². The maximum absolute atomic E-state index is 11.5. The molecule has 0 bridgehead atoms. The molecule has 4 nitrogen and oxygen atoms in total. The molecule has 0 aliphatic heterocycles. The van der Waals surface area contributed by atoms with Gasteiger partial charge < -0.3 is 10.1 Å². The number of alkyl carbamates (subject to hydrolysis) is 1. The zero-order valence-electron chi connectivity index (χ0n) is 11.3. The molecule has 0 saturated carbocycles. The van der Waals surface area contributed by atoms with E-state index in [9.17, 15) is 4.79 Å². The Morgan fingerprint density at radius 1 is 1.10 bits per heavy atom. The smallest absolute Gasteiger partial charge is 0.407 e. The maximum atomic E-state index is 11.5. The van der Waals surface area contributed by atoms with Crippen LogP contribution in [-0.2, 0) is 17.7 Å². The number of ether oxygens (including phenoxy) is 1. The highest BCUT2D eigenvalue weighted by atomic mass is 16.5. The number of rotatable bonds is 6. The van der Waals surface area contributed by atoms with Gasteiger partial charge >= 0.3 is 6.09 Å². The van der Waals surface area contributed by atoms with Crippen LogP contribution in [0.2, 0.25) is 0 Å². The van der Waals surface area contributed by atoms with Gasteiger partial charge in [-0.2, -0.15) is 0 Å². The Morgan fingerprint density at radius 2 is 1.90 bits per heavy atom. The lowest BCUT2D eigenvalue weighted by Crippen LogP contribution is -2.24. The Bertz CT molecular complexity index is 515. The van der Waals surface area contributed by atoms with Crippen molar-refractivity contribution in [2.75, 3.05) is 6.61 Å². The third-order valence-corrected chi connectivity index (χ3v) is 2.85. The van der Waals surface area contributed by atoms with Crippen LogP contribution in [0.3, 0.4) is 0 Å². The molecule has 0 aliphatic carbocycles. The standard InChI is InChI=1S/C16H18N2O2/c19-16(18-13-15-6-2-1-3-7-15)20-11-5-9-14-8-4-10-17-12-14/h1-4,6-8,10,12H,5,9,11,13H2,(H,18,19). The summed E-state index contributed by atoms with van der Waals surface area (Å²) in [5.74, 6) is 0. The zero-order valence-corrected chi connectivity index (χ0v) is 11.3. The third-order valence-electron chi connectivity index (χ3n) is 2.85. The lowest BCUT2D eigenvalue weighted by molar-refractivity contribution is 0.144. The van der Waals surface area contributed by atoms with Crippen molar-refractivity contribution in [3.8, 4) is 0 Å². The molecule has 1 aromatic heterocycles. The van der Waals surface area contributed by atoms with Gasteiger partial charge in [0.25, 0.3) is 0 Å². The van der Waals surface area contributed by atoms with Crippen molar-refractivity contribution in [1.82, 2.24) is 10.3 Å². The predicted molar refractivity (Wildman–Crippen MR) is 77.2 cm³/mol. The van der Waals surface area contributed by atoms with Gasteiger partial charge in [-0.15, -0.1) is 0 Å². The largest absolute Gasteiger partial charge is 0.450 e. The molecule has 4 heteroatoms. The number of hydrogen-bond donors (Lipinski definition) is 1. The number of nitrogens with one attached hydrogen (secondary N) is 1. The van der Waals surface area contributed by atoms with Crippen molar-refractivity contribution in [3.05, 3.63) is 66.0 Å². The molecule has 20 heavy (non-hydrogen) atoms. The summed E-state index contributed by atoms with van der Waals surface area (Å²) in [6, 6.07) is 13.7. The lowest BCUT2D eigenvalue weighted by atomic mass is 10.2. The van der Waals surface area contributed by atoms with Gasteiger partial charge in [0, 0.05) is 18.9 Å². The zero-order chi connectivity index (χ0) is 14.0. The molecule has 104 valence electrons. The van der Waals surface area contributed by atoms with Gasteiger partial charge in [-0.3, -0.25) is 4.98 Å². The highest BCUT2D eigenvalue weighted by Gasteiger charge is 2.01. The number of hydrogen-bond acceptors (Lipinski definition) is 3. The maximum Gasteiger partial charge on any atom is 0.407 e. The van der Waals surface area contributed by atoms with Crippen LogP contribution in [-0.4, -0.2) is 17.7 Å². The van der Waals surface area contributed by atoms with Crippen molar-refractivity contribution < 1.29 is 9.53 Å². The molecule has 0 radical (unpaired) electrons. The van der Waals surface area contributed by atoms with Gasteiger partial charge in [0.1, 0.15) is 0 Å². The number of aromatic nitrogens is 1. The molecule has 0 saturated heterocycles. The summed E-state index contributed by atoms with van der Waals surface area (Å²) < 4.78 is 5.12. The van der Waals surface area contributed by atoms with E-state index < -0.39 is 0 Å². The number of pyridine rings is 1. The topological polar surface area (TPSA) is 51.2 Å². The average Bonchev–Trinajstić information content (AvgIpc) is 2.52. The first kappa shape index (κ1) is 14.1. The fourth-order valence-electron chi connectivity index (χ4n) is 1.81. The highest BCUT2D eigenvalue weighted by Crippen LogP contribution is 2.01. The van der Waals surface area contributed by atoms with Crippen LogP contribution in [0.1, 0.15) is 17.5 Å². The van der Waals surface area contributed by atoms with E-state index in [1.165, 1.54) is 0 Å². The Balaban J connectivity index is 1.59. The van der Waals surface area contributed by atoms with E-state index in [0.717, 1.165) is 24.0 Å². The fourth-order valence-corrected chi connectivity index (χ4v) is 1.81. The summed E-state index contributed by atoms with van der Waals surface area (Å²) in [4.78, 5) is 15.5. The van der Waals surface area contributed by atoms with E-state index in [4.69, 9.17) is 4.74 Å². The molecule has 0 spiro atoms.